The van der Waals surface area contributed by atoms with Crippen LogP contribution in [0.1, 0.15) is 27.2 Å². The molecule has 3 nitrogen and oxygen atoms in total. The molecule has 0 aliphatic rings. The van der Waals surface area contributed by atoms with Crippen molar-refractivity contribution in [3.8, 4) is 0 Å². The quantitative estimate of drug-likeness (QED) is 0.581. The summed E-state index contributed by atoms with van der Waals surface area (Å²) in [4.78, 5) is 2.19. The Bertz CT molecular complexity index is 105. The Morgan fingerprint density at radius 1 is 1.23 bits per heavy atom. The molecule has 0 aliphatic carbocycles. The normalized spacial score (nSPS) is 13.6. The lowest BCUT2D eigenvalue weighted by atomic mass is 10.3. The van der Waals surface area contributed by atoms with Crippen molar-refractivity contribution in [1.82, 2.24) is 4.90 Å². The van der Waals surface area contributed by atoms with Gasteiger partial charge in [0.1, 0.15) is 0 Å². The number of aliphatic hydroxyl groups is 1. The van der Waals surface area contributed by atoms with Gasteiger partial charge in [-0.25, -0.2) is 0 Å². The standard InChI is InChI=1S/C10H23NO2/c1-4-7-13-9-10(12)8-11(5-2)6-3/h10,12H,4-9H2,1-3H3/t10-/m0/s1. The van der Waals surface area contributed by atoms with Crippen molar-refractivity contribution in [2.45, 2.75) is 33.3 Å². The number of hydrogen-bond donors (Lipinski definition) is 1. The maximum absolute atomic E-state index is 9.54. The number of ether oxygens (including phenoxy) is 1. The van der Waals surface area contributed by atoms with Gasteiger partial charge in [0.25, 0.3) is 0 Å². The molecule has 0 aromatic carbocycles. The van der Waals surface area contributed by atoms with Crippen LogP contribution in [0.4, 0.5) is 0 Å². The molecule has 80 valence electrons. The Hall–Kier alpha value is -0.120. The highest BCUT2D eigenvalue weighted by Gasteiger charge is 2.08. The lowest BCUT2D eigenvalue weighted by molar-refractivity contribution is 0.0186. The molecule has 1 N–H and O–H groups in total. The van der Waals surface area contributed by atoms with Crippen molar-refractivity contribution >= 4 is 0 Å². The zero-order valence-electron chi connectivity index (χ0n) is 9.12. The molecule has 0 amide bonds. The molecule has 0 radical (unpaired) electrons. The maximum Gasteiger partial charge on any atom is 0.0900 e. The van der Waals surface area contributed by atoms with E-state index in [0.717, 1.165) is 32.7 Å². The third kappa shape index (κ3) is 6.99. The van der Waals surface area contributed by atoms with Crippen LogP contribution in [0, 0.1) is 0 Å². The van der Waals surface area contributed by atoms with E-state index in [1.165, 1.54) is 0 Å². The van der Waals surface area contributed by atoms with E-state index in [-0.39, 0.29) is 6.10 Å². The van der Waals surface area contributed by atoms with Crippen LogP contribution in [0.2, 0.25) is 0 Å². The number of hydrogen-bond acceptors (Lipinski definition) is 3. The lowest BCUT2D eigenvalue weighted by Crippen LogP contribution is -2.34. The highest BCUT2D eigenvalue weighted by molar-refractivity contribution is 4.61. The summed E-state index contributed by atoms with van der Waals surface area (Å²) in [7, 11) is 0. The molecule has 0 aromatic heterocycles. The van der Waals surface area contributed by atoms with Crippen LogP contribution in [0.15, 0.2) is 0 Å². The van der Waals surface area contributed by atoms with E-state index in [2.05, 4.69) is 25.7 Å². The number of nitrogens with zero attached hydrogens (tertiary/aromatic N) is 1. The fraction of sp³-hybridized carbons (Fsp3) is 1.00. The molecule has 1 atom stereocenters. The topological polar surface area (TPSA) is 32.7 Å². The molecule has 0 spiro atoms. The van der Waals surface area contributed by atoms with Crippen LogP contribution >= 0.6 is 0 Å². The summed E-state index contributed by atoms with van der Waals surface area (Å²) in [6.45, 7) is 10.2. The van der Waals surface area contributed by atoms with E-state index in [9.17, 15) is 5.11 Å². The Balaban J connectivity index is 3.42. The van der Waals surface area contributed by atoms with E-state index < -0.39 is 0 Å². The van der Waals surface area contributed by atoms with E-state index in [4.69, 9.17) is 4.74 Å². The summed E-state index contributed by atoms with van der Waals surface area (Å²) in [5.74, 6) is 0. The van der Waals surface area contributed by atoms with Gasteiger partial charge >= 0.3 is 0 Å². The van der Waals surface area contributed by atoms with Gasteiger partial charge in [-0.3, -0.25) is 0 Å². The molecular formula is C10H23NO2. The Labute approximate surface area is 81.7 Å². The summed E-state index contributed by atoms with van der Waals surface area (Å²) in [5, 5.41) is 9.54. The van der Waals surface area contributed by atoms with Crippen LogP contribution in [0.5, 0.6) is 0 Å². The van der Waals surface area contributed by atoms with Crippen molar-refractivity contribution in [2.75, 3.05) is 32.8 Å². The second-order valence-electron chi connectivity index (χ2n) is 3.21. The first-order chi connectivity index (χ1) is 6.24. The summed E-state index contributed by atoms with van der Waals surface area (Å²) >= 11 is 0. The summed E-state index contributed by atoms with van der Waals surface area (Å²) in [6, 6.07) is 0. The maximum atomic E-state index is 9.54. The number of aliphatic hydroxyl groups excluding tert-OH is 1. The molecule has 0 rings (SSSR count). The largest absolute Gasteiger partial charge is 0.389 e. The molecule has 0 bridgehead atoms. The molecule has 0 aliphatic heterocycles. The van der Waals surface area contributed by atoms with Crippen molar-refractivity contribution in [2.24, 2.45) is 0 Å². The van der Waals surface area contributed by atoms with Gasteiger partial charge in [-0.1, -0.05) is 20.8 Å². The smallest absolute Gasteiger partial charge is 0.0900 e. The predicted octanol–water partition coefficient (Wildman–Crippen LogP) is 1.12. The first-order valence-corrected chi connectivity index (χ1v) is 5.22. The Morgan fingerprint density at radius 3 is 2.31 bits per heavy atom. The van der Waals surface area contributed by atoms with Gasteiger partial charge in [-0.05, 0) is 19.5 Å². The molecule has 0 fully saturated rings. The predicted molar refractivity (Wildman–Crippen MR) is 54.9 cm³/mol. The van der Waals surface area contributed by atoms with Gasteiger partial charge in [0, 0.05) is 13.2 Å². The summed E-state index contributed by atoms with van der Waals surface area (Å²) in [5.41, 5.74) is 0. The second-order valence-corrected chi connectivity index (χ2v) is 3.21. The molecule has 0 saturated heterocycles. The third-order valence-corrected chi connectivity index (χ3v) is 2.02. The summed E-state index contributed by atoms with van der Waals surface area (Å²) in [6.07, 6.45) is 0.671. The van der Waals surface area contributed by atoms with Crippen molar-refractivity contribution in [3.05, 3.63) is 0 Å². The highest BCUT2D eigenvalue weighted by Crippen LogP contribution is 1.93. The molecule has 0 unspecified atom stereocenters. The van der Waals surface area contributed by atoms with Gasteiger partial charge < -0.3 is 14.7 Å². The first-order valence-electron chi connectivity index (χ1n) is 5.22. The van der Waals surface area contributed by atoms with Crippen LogP contribution in [-0.2, 0) is 4.74 Å². The van der Waals surface area contributed by atoms with Crippen LogP contribution in [0.3, 0.4) is 0 Å². The fourth-order valence-corrected chi connectivity index (χ4v) is 1.20. The zero-order chi connectivity index (χ0) is 10.1. The van der Waals surface area contributed by atoms with Crippen LogP contribution in [0.25, 0.3) is 0 Å². The minimum absolute atomic E-state index is 0.341. The second kappa shape index (κ2) is 8.48. The zero-order valence-corrected chi connectivity index (χ0v) is 9.12. The van der Waals surface area contributed by atoms with Crippen LogP contribution in [-0.4, -0.2) is 49.0 Å². The third-order valence-electron chi connectivity index (χ3n) is 2.02. The van der Waals surface area contributed by atoms with Gasteiger partial charge in [-0.15, -0.1) is 0 Å². The molecule has 3 heteroatoms. The van der Waals surface area contributed by atoms with Crippen molar-refractivity contribution < 1.29 is 9.84 Å². The van der Waals surface area contributed by atoms with Gasteiger partial charge in [-0.2, -0.15) is 0 Å². The van der Waals surface area contributed by atoms with E-state index >= 15 is 0 Å². The molecule has 13 heavy (non-hydrogen) atoms. The minimum atomic E-state index is -0.341. The lowest BCUT2D eigenvalue weighted by Gasteiger charge is -2.21. The van der Waals surface area contributed by atoms with Crippen molar-refractivity contribution in [1.29, 1.82) is 0 Å². The van der Waals surface area contributed by atoms with Crippen LogP contribution < -0.4 is 0 Å². The van der Waals surface area contributed by atoms with Gasteiger partial charge in [0.15, 0.2) is 0 Å². The molecule has 0 heterocycles. The number of rotatable bonds is 8. The number of likely N-dealkylation sites (N-methyl/N-ethyl adjacent to an activating group) is 1. The van der Waals surface area contributed by atoms with Gasteiger partial charge in [0.2, 0.25) is 0 Å². The summed E-state index contributed by atoms with van der Waals surface area (Å²) < 4.78 is 5.26. The van der Waals surface area contributed by atoms with E-state index in [1.54, 1.807) is 0 Å². The Kier molecular flexibility index (Phi) is 8.40. The van der Waals surface area contributed by atoms with Crippen molar-refractivity contribution in [3.63, 3.8) is 0 Å². The first kappa shape index (κ1) is 12.9. The van der Waals surface area contributed by atoms with E-state index in [1.807, 2.05) is 0 Å². The monoisotopic (exact) mass is 189 g/mol. The molecule has 0 saturated carbocycles. The minimum Gasteiger partial charge on any atom is -0.389 e. The van der Waals surface area contributed by atoms with E-state index in [0.29, 0.717) is 6.61 Å². The average molecular weight is 189 g/mol. The highest BCUT2D eigenvalue weighted by atomic mass is 16.5. The molecule has 0 aromatic rings. The molecular weight excluding hydrogens is 166 g/mol. The Morgan fingerprint density at radius 2 is 1.85 bits per heavy atom. The van der Waals surface area contributed by atoms with Gasteiger partial charge in [0.05, 0.1) is 12.7 Å². The fourth-order valence-electron chi connectivity index (χ4n) is 1.20. The average Bonchev–Trinajstić information content (AvgIpc) is 2.14. The SMILES string of the molecule is CCCOC[C@@H](O)CN(CC)CC.